The van der Waals surface area contributed by atoms with E-state index < -0.39 is 0 Å². The molecular formula is C17H36N2. The Balaban J connectivity index is 2.50. The Morgan fingerprint density at radius 2 is 1.84 bits per heavy atom. The first-order valence-corrected chi connectivity index (χ1v) is 8.40. The second-order valence-corrected chi connectivity index (χ2v) is 7.63. The molecule has 114 valence electrons. The largest absolute Gasteiger partial charge is 0.313 e. The lowest BCUT2D eigenvalue weighted by molar-refractivity contribution is 0.113. The quantitative estimate of drug-likeness (QED) is 0.753. The van der Waals surface area contributed by atoms with Crippen LogP contribution in [0.1, 0.15) is 66.7 Å². The van der Waals surface area contributed by atoms with Gasteiger partial charge in [0.15, 0.2) is 0 Å². The number of likely N-dealkylation sites (tertiary alicyclic amines) is 1. The van der Waals surface area contributed by atoms with Gasteiger partial charge in [-0.05, 0) is 50.1 Å². The number of hydrogen-bond donors (Lipinski definition) is 1. The summed E-state index contributed by atoms with van der Waals surface area (Å²) in [5.41, 5.74) is 0.466. The summed E-state index contributed by atoms with van der Waals surface area (Å²) < 4.78 is 0. The fourth-order valence-electron chi connectivity index (χ4n) is 3.38. The first-order valence-electron chi connectivity index (χ1n) is 8.40. The fraction of sp³-hybridized carbons (Fsp3) is 1.00. The zero-order chi connectivity index (χ0) is 14.3. The minimum Gasteiger partial charge on any atom is -0.313 e. The van der Waals surface area contributed by atoms with Gasteiger partial charge in [0.25, 0.3) is 0 Å². The zero-order valence-electron chi connectivity index (χ0n) is 14.0. The van der Waals surface area contributed by atoms with E-state index in [-0.39, 0.29) is 0 Å². The minimum atomic E-state index is 0.466. The maximum atomic E-state index is 3.75. The van der Waals surface area contributed by atoms with Crippen molar-refractivity contribution in [1.82, 2.24) is 10.2 Å². The smallest absolute Gasteiger partial charge is 0.0198 e. The molecule has 2 nitrogen and oxygen atoms in total. The summed E-state index contributed by atoms with van der Waals surface area (Å²) in [5, 5.41) is 3.75. The summed E-state index contributed by atoms with van der Waals surface area (Å²) in [5.74, 6) is 0.875. The Morgan fingerprint density at radius 3 is 2.42 bits per heavy atom. The van der Waals surface area contributed by atoms with E-state index in [1.165, 1.54) is 58.3 Å². The van der Waals surface area contributed by atoms with E-state index in [1.54, 1.807) is 0 Å². The summed E-state index contributed by atoms with van der Waals surface area (Å²) in [6.45, 7) is 16.8. The first kappa shape index (κ1) is 17.0. The van der Waals surface area contributed by atoms with Gasteiger partial charge in [-0.25, -0.2) is 0 Å². The van der Waals surface area contributed by atoms with Crippen molar-refractivity contribution in [3.8, 4) is 0 Å². The van der Waals surface area contributed by atoms with E-state index in [0.29, 0.717) is 5.41 Å². The highest BCUT2D eigenvalue weighted by molar-refractivity contribution is 4.85. The van der Waals surface area contributed by atoms with Crippen LogP contribution in [0.3, 0.4) is 0 Å². The molecule has 0 bridgehead atoms. The van der Waals surface area contributed by atoms with Gasteiger partial charge < -0.3 is 10.2 Å². The summed E-state index contributed by atoms with van der Waals surface area (Å²) in [6, 6.07) is 0.720. The van der Waals surface area contributed by atoms with E-state index >= 15 is 0 Å². The second kappa shape index (κ2) is 8.26. The van der Waals surface area contributed by atoms with Crippen LogP contribution in [0.15, 0.2) is 0 Å². The third-order valence-electron chi connectivity index (χ3n) is 4.02. The standard InChI is InChI=1S/C17H36N2/c1-6-8-10-19-13-15(12-17(3,4)5)11-16(14-19)18-9-7-2/h15-16,18H,6-14H2,1-5H3. The molecule has 0 spiro atoms. The Labute approximate surface area is 121 Å². The molecule has 1 aliphatic heterocycles. The van der Waals surface area contributed by atoms with Crippen LogP contribution in [0.2, 0.25) is 0 Å². The number of unbranched alkanes of at least 4 members (excludes halogenated alkanes) is 1. The summed E-state index contributed by atoms with van der Waals surface area (Å²) in [7, 11) is 0. The maximum Gasteiger partial charge on any atom is 0.0198 e. The van der Waals surface area contributed by atoms with E-state index in [1.807, 2.05) is 0 Å². The lowest BCUT2D eigenvalue weighted by Crippen LogP contribution is -2.50. The topological polar surface area (TPSA) is 15.3 Å². The summed E-state index contributed by atoms with van der Waals surface area (Å²) in [6.07, 6.45) is 6.64. The molecule has 1 aliphatic rings. The highest BCUT2D eigenvalue weighted by Crippen LogP contribution is 2.30. The van der Waals surface area contributed by atoms with Crippen LogP contribution < -0.4 is 5.32 Å². The van der Waals surface area contributed by atoms with Crippen molar-refractivity contribution in [2.75, 3.05) is 26.2 Å². The lowest BCUT2D eigenvalue weighted by atomic mass is 9.80. The van der Waals surface area contributed by atoms with Crippen LogP contribution >= 0.6 is 0 Å². The molecule has 1 saturated heterocycles. The number of hydrogen-bond acceptors (Lipinski definition) is 2. The number of rotatable bonds is 7. The molecule has 2 unspecified atom stereocenters. The van der Waals surface area contributed by atoms with Gasteiger partial charge in [-0.1, -0.05) is 41.0 Å². The highest BCUT2D eigenvalue weighted by Gasteiger charge is 2.29. The molecule has 0 aromatic heterocycles. The van der Waals surface area contributed by atoms with Gasteiger partial charge >= 0.3 is 0 Å². The molecule has 0 aromatic rings. The van der Waals surface area contributed by atoms with Crippen molar-refractivity contribution in [3.05, 3.63) is 0 Å². The predicted molar refractivity (Wildman–Crippen MR) is 85.6 cm³/mol. The Kier molecular flexibility index (Phi) is 7.38. The third-order valence-corrected chi connectivity index (χ3v) is 4.02. The molecule has 2 heteroatoms. The lowest BCUT2D eigenvalue weighted by Gasteiger charge is -2.40. The molecule has 1 heterocycles. The number of piperidine rings is 1. The number of nitrogens with one attached hydrogen (secondary N) is 1. The van der Waals surface area contributed by atoms with Crippen molar-refractivity contribution in [3.63, 3.8) is 0 Å². The normalized spacial score (nSPS) is 25.7. The minimum absolute atomic E-state index is 0.466. The third kappa shape index (κ3) is 7.31. The molecule has 0 saturated carbocycles. The highest BCUT2D eigenvalue weighted by atomic mass is 15.2. The molecule has 19 heavy (non-hydrogen) atoms. The molecule has 2 atom stereocenters. The van der Waals surface area contributed by atoms with E-state index in [0.717, 1.165) is 12.0 Å². The maximum absolute atomic E-state index is 3.75. The van der Waals surface area contributed by atoms with E-state index in [4.69, 9.17) is 0 Å². The Hall–Kier alpha value is -0.0800. The zero-order valence-corrected chi connectivity index (χ0v) is 14.0. The van der Waals surface area contributed by atoms with E-state index in [2.05, 4.69) is 44.8 Å². The second-order valence-electron chi connectivity index (χ2n) is 7.63. The molecule has 1 N–H and O–H groups in total. The average molecular weight is 268 g/mol. The van der Waals surface area contributed by atoms with Gasteiger partial charge in [-0.15, -0.1) is 0 Å². The van der Waals surface area contributed by atoms with Crippen LogP contribution in [0.25, 0.3) is 0 Å². The average Bonchev–Trinajstić information content (AvgIpc) is 2.31. The fourth-order valence-corrected chi connectivity index (χ4v) is 3.38. The molecular weight excluding hydrogens is 232 g/mol. The van der Waals surface area contributed by atoms with Gasteiger partial charge in [0, 0.05) is 19.1 Å². The van der Waals surface area contributed by atoms with Crippen molar-refractivity contribution < 1.29 is 0 Å². The van der Waals surface area contributed by atoms with Gasteiger partial charge in [0.1, 0.15) is 0 Å². The summed E-state index contributed by atoms with van der Waals surface area (Å²) in [4.78, 5) is 2.71. The van der Waals surface area contributed by atoms with Crippen LogP contribution in [-0.2, 0) is 0 Å². The molecule has 1 rings (SSSR count). The molecule has 0 aliphatic carbocycles. The van der Waals surface area contributed by atoms with Gasteiger partial charge in [0.05, 0.1) is 0 Å². The predicted octanol–water partition coefficient (Wildman–Crippen LogP) is 3.91. The van der Waals surface area contributed by atoms with Crippen molar-refractivity contribution >= 4 is 0 Å². The summed E-state index contributed by atoms with van der Waals surface area (Å²) >= 11 is 0. The molecule has 0 radical (unpaired) electrons. The SMILES string of the molecule is CCCCN1CC(CC(C)(C)C)CC(NCCC)C1. The monoisotopic (exact) mass is 268 g/mol. The van der Waals surface area contributed by atoms with Crippen molar-refractivity contribution in [2.45, 2.75) is 72.8 Å². The Bertz CT molecular complexity index is 216. The van der Waals surface area contributed by atoms with Crippen molar-refractivity contribution in [2.24, 2.45) is 11.3 Å². The molecule has 0 aromatic carbocycles. The van der Waals surface area contributed by atoms with Gasteiger partial charge in [-0.3, -0.25) is 0 Å². The number of nitrogens with zero attached hydrogens (tertiary/aromatic N) is 1. The van der Waals surface area contributed by atoms with Crippen LogP contribution in [0.5, 0.6) is 0 Å². The molecule has 0 amide bonds. The Morgan fingerprint density at radius 1 is 1.11 bits per heavy atom. The first-order chi connectivity index (χ1) is 8.94. The van der Waals surface area contributed by atoms with Gasteiger partial charge in [0.2, 0.25) is 0 Å². The van der Waals surface area contributed by atoms with Crippen LogP contribution in [-0.4, -0.2) is 37.1 Å². The van der Waals surface area contributed by atoms with E-state index in [9.17, 15) is 0 Å². The van der Waals surface area contributed by atoms with Crippen LogP contribution in [0.4, 0.5) is 0 Å². The van der Waals surface area contributed by atoms with Crippen molar-refractivity contribution in [1.29, 1.82) is 0 Å². The van der Waals surface area contributed by atoms with Gasteiger partial charge in [-0.2, -0.15) is 0 Å². The van der Waals surface area contributed by atoms with Crippen LogP contribution in [0, 0.1) is 11.3 Å². The molecule has 1 fully saturated rings.